The lowest BCUT2D eigenvalue weighted by molar-refractivity contribution is -0.607. The van der Waals surface area contributed by atoms with Crippen LogP contribution in [-0.2, 0) is 11.0 Å². The highest BCUT2D eigenvalue weighted by Gasteiger charge is 2.36. The molecule has 1 aliphatic heterocycles. The molecule has 2 aromatic carbocycles. The Bertz CT molecular complexity index is 1310. The van der Waals surface area contributed by atoms with Gasteiger partial charge < -0.3 is 20.3 Å². The fourth-order valence-electron chi connectivity index (χ4n) is 4.06. The van der Waals surface area contributed by atoms with Gasteiger partial charge in [-0.3, -0.25) is 14.4 Å². The van der Waals surface area contributed by atoms with Crippen molar-refractivity contribution in [3.63, 3.8) is 0 Å². The van der Waals surface area contributed by atoms with Crippen LogP contribution in [0.1, 0.15) is 26.4 Å². The largest absolute Gasteiger partial charge is 0.618 e. The Morgan fingerprint density at radius 1 is 0.838 bits per heavy atom. The minimum Gasteiger partial charge on any atom is -0.618 e. The molecule has 1 aromatic heterocycles. The number of halogens is 3. The first kappa shape index (κ1) is 25.7. The fourth-order valence-corrected chi connectivity index (χ4v) is 4.06. The van der Waals surface area contributed by atoms with Crippen LogP contribution in [0.15, 0.2) is 72.9 Å². The van der Waals surface area contributed by atoms with Gasteiger partial charge in [-0.15, -0.1) is 0 Å². The van der Waals surface area contributed by atoms with E-state index in [1.54, 1.807) is 6.07 Å². The third-order valence-corrected chi connectivity index (χ3v) is 6.04. The molecule has 11 heteroatoms. The number of hydrogen-bond donors (Lipinski definition) is 1. The van der Waals surface area contributed by atoms with Gasteiger partial charge in [-0.25, -0.2) is 0 Å². The lowest BCUT2D eigenvalue weighted by Crippen LogP contribution is -2.53. The summed E-state index contributed by atoms with van der Waals surface area (Å²) in [4.78, 5) is 40.4. The highest BCUT2D eigenvalue weighted by Crippen LogP contribution is 2.32. The van der Waals surface area contributed by atoms with Gasteiger partial charge in [0, 0.05) is 37.8 Å². The average Bonchev–Trinajstić information content (AvgIpc) is 2.91. The molecule has 0 radical (unpaired) electrons. The number of nitrogens with zero attached hydrogens (tertiary/aromatic N) is 3. The monoisotopic (exact) mass is 512 g/mol. The number of alkyl halides is 3. The molecule has 1 saturated heterocycles. The molecule has 192 valence electrons. The lowest BCUT2D eigenvalue weighted by Gasteiger charge is -2.35. The molecule has 0 atom stereocenters. The van der Waals surface area contributed by atoms with E-state index >= 15 is 0 Å². The third-order valence-electron chi connectivity index (χ3n) is 6.04. The van der Waals surface area contributed by atoms with Crippen molar-refractivity contribution in [3.8, 4) is 11.1 Å². The van der Waals surface area contributed by atoms with Crippen molar-refractivity contribution in [2.45, 2.75) is 6.18 Å². The number of rotatable bonds is 5. The van der Waals surface area contributed by atoms with Crippen LogP contribution in [0.2, 0.25) is 0 Å². The quantitative estimate of drug-likeness (QED) is 0.420. The van der Waals surface area contributed by atoms with Crippen LogP contribution in [0, 0.1) is 5.21 Å². The number of amides is 3. The van der Waals surface area contributed by atoms with Crippen molar-refractivity contribution in [2.75, 3.05) is 32.7 Å². The molecule has 2 heterocycles. The SMILES string of the molecule is O=C(NCC(=O)N1CCN(C(=O)c2ccccc2C(F)(F)F)CC1)c1ccc(-c2ccccc2)c[n+]1[O-]. The second kappa shape index (κ2) is 10.7. The number of nitrogens with one attached hydrogen (secondary N) is 1. The molecule has 4 rings (SSSR count). The Morgan fingerprint density at radius 3 is 2.11 bits per heavy atom. The van der Waals surface area contributed by atoms with Crippen LogP contribution >= 0.6 is 0 Å². The topological polar surface area (TPSA) is 96.7 Å². The van der Waals surface area contributed by atoms with Crippen molar-refractivity contribution < 1.29 is 32.3 Å². The van der Waals surface area contributed by atoms with Crippen molar-refractivity contribution in [3.05, 3.63) is 95.0 Å². The molecule has 37 heavy (non-hydrogen) atoms. The number of carbonyl (C=O) groups is 3. The van der Waals surface area contributed by atoms with Gasteiger partial charge in [-0.05, 0) is 23.8 Å². The zero-order valence-corrected chi connectivity index (χ0v) is 19.6. The molecule has 0 unspecified atom stereocenters. The molecule has 3 amide bonds. The summed E-state index contributed by atoms with van der Waals surface area (Å²) in [5, 5.41) is 14.8. The van der Waals surface area contributed by atoms with Crippen molar-refractivity contribution >= 4 is 17.7 Å². The van der Waals surface area contributed by atoms with Gasteiger partial charge in [-0.1, -0.05) is 42.5 Å². The predicted molar refractivity (Wildman–Crippen MR) is 127 cm³/mol. The molecule has 1 aliphatic rings. The average molecular weight is 512 g/mol. The van der Waals surface area contributed by atoms with Gasteiger partial charge in [0.25, 0.3) is 11.6 Å². The first-order valence-electron chi connectivity index (χ1n) is 11.5. The van der Waals surface area contributed by atoms with Crippen molar-refractivity contribution in [1.82, 2.24) is 15.1 Å². The van der Waals surface area contributed by atoms with E-state index in [-0.39, 0.29) is 38.4 Å². The van der Waals surface area contributed by atoms with E-state index in [0.717, 1.165) is 17.7 Å². The van der Waals surface area contributed by atoms with E-state index in [9.17, 15) is 32.8 Å². The Balaban J connectivity index is 1.31. The Labute approximate surface area is 210 Å². The van der Waals surface area contributed by atoms with E-state index in [1.165, 1.54) is 34.2 Å². The van der Waals surface area contributed by atoms with Gasteiger partial charge in [0.05, 0.1) is 17.7 Å². The molecule has 8 nitrogen and oxygen atoms in total. The number of benzene rings is 2. The van der Waals surface area contributed by atoms with Gasteiger partial charge in [-0.2, -0.15) is 17.9 Å². The Morgan fingerprint density at radius 2 is 1.46 bits per heavy atom. The zero-order chi connectivity index (χ0) is 26.6. The van der Waals surface area contributed by atoms with E-state index < -0.39 is 35.0 Å². The van der Waals surface area contributed by atoms with Gasteiger partial charge in [0.1, 0.15) is 0 Å². The van der Waals surface area contributed by atoms with Crippen LogP contribution in [-0.4, -0.2) is 60.2 Å². The molecule has 1 N–H and O–H groups in total. The maximum atomic E-state index is 13.3. The minimum absolute atomic E-state index is 0.0478. The molecule has 1 fully saturated rings. The molecular weight excluding hydrogens is 489 g/mol. The number of pyridine rings is 1. The minimum atomic E-state index is -4.66. The Hall–Kier alpha value is -4.41. The molecular formula is C26H23F3N4O4. The normalized spacial score (nSPS) is 13.8. The summed E-state index contributed by atoms with van der Waals surface area (Å²) in [5.41, 5.74) is -0.173. The third kappa shape index (κ3) is 5.88. The van der Waals surface area contributed by atoms with E-state index in [4.69, 9.17) is 0 Å². The molecule has 3 aromatic rings. The summed E-state index contributed by atoms with van der Waals surface area (Å²) in [7, 11) is 0. The van der Waals surface area contributed by atoms with Crippen LogP contribution in [0.3, 0.4) is 0 Å². The first-order valence-corrected chi connectivity index (χ1v) is 11.5. The molecule has 0 saturated carbocycles. The van der Waals surface area contributed by atoms with Gasteiger partial charge >= 0.3 is 12.1 Å². The summed E-state index contributed by atoms with van der Waals surface area (Å²) in [6, 6.07) is 16.7. The lowest BCUT2D eigenvalue weighted by atomic mass is 10.1. The standard InChI is InChI=1S/C26H23F3N4O4/c27-26(28,29)21-9-5-4-8-20(21)25(36)32-14-12-31(13-15-32)23(34)16-30-24(35)22-11-10-19(17-33(22)37)18-6-2-1-3-7-18/h1-11,17H,12-16H2,(H,30,35). The van der Waals surface area contributed by atoms with Crippen LogP contribution in [0.4, 0.5) is 13.2 Å². The zero-order valence-electron chi connectivity index (χ0n) is 19.6. The van der Waals surface area contributed by atoms with Gasteiger partial charge in [0.2, 0.25) is 5.91 Å². The fraction of sp³-hybridized carbons (Fsp3) is 0.231. The smallest absolute Gasteiger partial charge is 0.417 e. The highest BCUT2D eigenvalue weighted by molar-refractivity contribution is 5.96. The highest BCUT2D eigenvalue weighted by atomic mass is 19.4. The van der Waals surface area contributed by atoms with Crippen LogP contribution < -0.4 is 10.0 Å². The first-order chi connectivity index (χ1) is 17.6. The molecule has 0 spiro atoms. The maximum Gasteiger partial charge on any atom is 0.417 e. The van der Waals surface area contributed by atoms with E-state index in [2.05, 4.69) is 5.32 Å². The van der Waals surface area contributed by atoms with E-state index in [1.807, 2.05) is 30.3 Å². The second-order valence-electron chi connectivity index (χ2n) is 8.39. The second-order valence-corrected chi connectivity index (χ2v) is 8.39. The van der Waals surface area contributed by atoms with E-state index in [0.29, 0.717) is 10.3 Å². The Kier molecular flexibility index (Phi) is 7.42. The maximum absolute atomic E-state index is 13.3. The van der Waals surface area contributed by atoms with Crippen LogP contribution in [0.25, 0.3) is 11.1 Å². The van der Waals surface area contributed by atoms with Crippen molar-refractivity contribution in [1.29, 1.82) is 0 Å². The van der Waals surface area contributed by atoms with Gasteiger partial charge in [0.15, 0.2) is 6.20 Å². The molecule has 0 aliphatic carbocycles. The number of aromatic nitrogens is 1. The summed E-state index contributed by atoms with van der Waals surface area (Å²) in [6.07, 6.45) is -3.38. The predicted octanol–water partition coefficient (Wildman–Crippen LogP) is 2.72. The summed E-state index contributed by atoms with van der Waals surface area (Å²) in [5.74, 6) is -1.91. The number of hydrogen-bond acceptors (Lipinski definition) is 4. The summed E-state index contributed by atoms with van der Waals surface area (Å²) >= 11 is 0. The van der Waals surface area contributed by atoms with Crippen molar-refractivity contribution in [2.24, 2.45) is 0 Å². The summed E-state index contributed by atoms with van der Waals surface area (Å²) < 4.78 is 40.2. The van der Waals surface area contributed by atoms with Crippen LogP contribution in [0.5, 0.6) is 0 Å². The molecule has 0 bridgehead atoms. The summed E-state index contributed by atoms with van der Waals surface area (Å²) in [6.45, 7) is -0.0769. The number of piperazine rings is 1. The number of carbonyl (C=O) groups excluding carboxylic acids is 3.